The van der Waals surface area contributed by atoms with Crippen LogP contribution in [0.4, 0.5) is 11.4 Å². The molecule has 0 aliphatic rings. The zero-order valence-electron chi connectivity index (χ0n) is 19.0. The summed E-state index contributed by atoms with van der Waals surface area (Å²) in [6, 6.07) is 9.17. The molecule has 2 N–H and O–H groups in total. The molecule has 0 fully saturated rings. The lowest BCUT2D eigenvalue weighted by atomic mass is 10.2. The van der Waals surface area contributed by atoms with Gasteiger partial charge in [0.1, 0.15) is 28.7 Å². The predicted molar refractivity (Wildman–Crippen MR) is 128 cm³/mol. The molecule has 3 rings (SSSR count). The minimum absolute atomic E-state index is 0.0533. The maximum Gasteiger partial charge on any atom is 0.341 e. The van der Waals surface area contributed by atoms with Crippen LogP contribution in [0.2, 0.25) is 0 Å². The molecule has 8 nitrogen and oxygen atoms in total. The first-order valence-electron chi connectivity index (χ1n) is 10.2. The molecule has 0 aliphatic heterocycles. The molecule has 2 aromatic heterocycles. The highest BCUT2D eigenvalue weighted by Gasteiger charge is 2.22. The topological polar surface area (TPSA) is 109 Å². The molecule has 0 atom stereocenters. The van der Waals surface area contributed by atoms with E-state index in [-0.39, 0.29) is 16.9 Å². The number of carbonyl (C=O) groups is 1. The van der Waals surface area contributed by atoms with Crippen LogP contribution in [0.25, 0.3) is 5.52 Å². The van der Waals surface area contributed by atoms with E-state index in [4.69, 9.17) is 9.47 Å². The number of aromatic nitrogens is 2. The Morgan fingerprint density at radius 2 is 2.00 bits per heavy atom. The van der Waals surface area contributed by atoms with Crippen molar-refractivity contribution in [1.29, 1.82) is 5.26 Å². The van der Waals surface area contributed by atoms with Crippen LogP contribution < -0.4 is 14.8 Å². The van der Waals surface area contributed by atoms with Gasteiger partial charge in [-0.15, -0.1) is 0 Å². The molecular weight excluding hydrogens is 420 g/mol. The third-order valence-electron chi connectivity index (χ3n) is 4.28. The number of benzene rings is 1. The van der Waals surface area contributed by atoms with Gasteiger partial charge in [-0.2, -0.15) is 10.4 Å². The summed E-state index contributed by atoms with van der Waals surface area (Å²) in [5.74, 6) is 0.216. The van der Waals surface area contributed by atoms with Crippen LogP contribution in [0, 0.1) is 11.3 Å². The van der Waals surface area contributed by atoms with Crippen molar-refractivity contribution in [3.05, 3.63) is 84.4 Å². The van der Waals surface area contributed by atoms with Crippen molar-refractivity contribution in [2.45, 2.75) is 20.8 Å². The summed E-state index contributed by atoms with van der Waals surface area (Å²) in [6.07, 6.45) is 9.77. The Bertz CT molecular complexity index is 1230. The second-order valence-corrected chi connectivity index (χ2v) is 6.28. The number of allylic oxidation sites excluding steroid dienone is 4. The fourth-order valence-corrected chi connectivity index (χ4v) is 2.97. The van der Waals surface area contributed by atoms with Gasteiger partial charge in [0, 0.05) is 11.9 Å². The van der Waals surface area contributed by atoms with Gasteiger partial charge in [0.05, 0.1) is 24.6 Å². The molecule has 0 unspecified atom stereocenters. The molecule has 0 aliphatic carbocycles. The first-order valence-corrected chi connectivity index (χ1v) is 10.2. The molecule has 0 saturated carbocycles. The van der Waals surface area contributed by atoms with Crippen LogP contribution in [-0.4, -0.2) is 27.8 Å². The molecule has 0 radical (unpaired) electrons. The number of nitrogens with zero attached hydrogens (tertiary/aromatic N) is 3. The molecule has 0 bridgehead atoms. The number of carboxylic acid groups (broad SMARTS) is 1. The summed E-state index contributed by atoms with van der Waals surface area (Å²) < 4.78 is 12.5. The standard InChI is InChI=1S/C23H20N4O4.C2H6/c1-4-6-17(7-5-2)31-18-10-8-16(9-11-18)26-20-15(12-24)13-25-27-14-19(23(28)29)22(30-3)21(20)27;1-2/h4-11,13-14,26H,1H2,2-3H3,(H,28,29);1-2H3/b7-5-,17-6+;. The van der Waals surface area contributed by atoms with Gasteiger partial charge in [-0.25, -0.2) is 9.31 Å². The first-order chi connectivity index (χ1) is 16.0. The highest BCUT2D eigenvalue weighted by atomic mass is 16.5. The number of rotatable bonds is 8. The van der Waals surface area contributed by atoms with E-state index < -0.39 is 5.97 Å². The number of carboxylic acids is 1. The zero-order valence-corrected chi connectivity index (χ0v) is 19.0. The van der Waals surface area contributed by atoms with Crippen molar-refractivity contribution in [2.24, 2.45) is 0 Å². The van der Waals surface area contributed by atoms with Gasteiger partial charge < -0.3 is 19.9 Å². The summed E-state index contributed by atoms with van der Waals surface area (Å²) in [5, 5.41) is 26.3. The van der Waals surface area contributed by atoms with Gasteiger partial charge in [-0.05, 0) is 43.3 Å². The van der Waals surface area contributed by atoms with Crippen molar-refractivity contribution in [2.75, 3.05) is 12.4 Å². The average Bonchev–Trinajstić information content (AvgIpc) is 3.22. The maximum atomic E-state index is 11.6. The van der Waals surface area contributed by atoms with Crippen LogP contribution in [0.1, 0.15) is 36.7 Å². The van der Waals surface area contributed by atoms with Crippen molar-refractivity contribution in [1.82, 2.24) is 9.61 Å². The number of nitriles is 1. The van der Waals surface area contributed by atoms with E-state index >= 15 is 0 Å². The van der Waals surface area contributed by atoms with Gasteiger partial charge in [-0.1, -0.05) is 32.6 Å². The van der Waals surface area contributed by atoms with Gasteiger partial charge in [0.2, 0.25) is 0 Å². The SMILES string of the molecule is C=C/C=C(\C=C/C)Oc1ccc(Nc2c(C#N)cnn3cc(C(=O)O)c(OC)c23)cc1.CC. The lowest BCUT2D eigenvalue weighted by Crippen LogP contribution is -2.01. The Morgan fingerprint density at radius 3 is 2.55 bits per heavy atom. The predicted octanol–water partition coefficient (Wildman–Crippen LogP) is 5.71. The van der Waals surface area contributed by atoms with Gasteiger partial charge in [0.15, 0.2) is 5.75 Å². The summed E-state index contributed by atoms with van der Waals surface area (Å²) in [6.45, 7) is 9.56. The monoisotopic (exact) mass is 446 g/mol. The van der Waals surface area contributed by atoms with E-state index in [2.05, 4.69) is 23.1 Å². The first kappa shape index (κ1) is 24.8. The lowest BCUT2D eigenvalue weighted by molar-refractivity contribution is 0.0693. The molecule has 0 saturated heterocycles. The van der Waals surface area contributed by atoms with Gasteiger partial charge >= 0.3 is 5.97 Å². The summed E-state index contributed by atoms with van der Waals surface area (Å²) >= 11 is 0. The van der Waals surface area contributed by atoms with E-state index in [1.54, 1.807) is 36.4 Å². The summed E-state index contributed by atoms with van der Waals surface area (Å²) in [4.78, 5) is 11.6. The van der Waals surface area contributed by atoms with Crippen molar-refractivity contribution in [3.8, 4) is 17.6 Å². The quantitative estimate of drug-likeness (QED) is 0.337. The third-order valence-corrected chi connectivity index (χ3v) is 4.28. The Hall–Kier alpha value is -4.51. The fraction of sp³-hybridized carbons (Fsp3) is 0.160. The fourth-order valence-electron chi connectivity index (χ4n) is 2.97. The molecule has 33 heavy (non-hydrogen) atoms. The highest BCUT2D eigenvalue weighted by Crippen LogP contribution is 2.35. The number of ether oxygens (including phenoxy) is 2. The number of aromatic carboxylic acids is 1. The van der Waals surface area contributed by atoms with Crippen LogP contribution >= 0.6 is 0 Å². The van der Waals surface area contributed by atoms with Gasteiger partial charge in [0.25, 0.3) is 0 Å². The van der Waals surface area contributed by atoms with Gasteiger partial charge in [-0.3, -0.25) is 0 Å². The normalized spacial score (nSPS) is 10.8. The van der Waals surface area contributed by atoms with E-state index in [0.717, 1.165) is 0 Å². The third kappa shape index (κ3) is 5.60. The number of hydrogen-bond acceptors (Lipinski definition) is 6. The smallest absolute Gasteiger partial charge is 0.341 e. The second-order valence-electron chi connectivity index (χ2n) is 6.28. The van der Waals surface area contributed by atoms with Crippen molar-refractivity contribution in [3.63, 3.8) is 0 Å². The van der Waals surface area contributed by atoms with Crippen LogP contribution in [0.15, 0.2) is 73.3 Å². The number of methoxy groups -OCH3 is 1. The van der Waals surface area contributed by atoms with E-state index in [9.17, 15) is 15.2 Å². The minimum Gasteiger partial charge on any atom is -0.493 e. The van der Waals surface area contributed by atoms with Crippen molar-refractivity contribution >= 4 is 22.9 Å². The molecule has 0 spiro atoms. The molecule has 2 heterocycles. The van der Waals surface area contributed by atoms with Crippen molar-refractivity contribution < 1.29 is 19.4 Å². The number of fused-ring (bicyclic) bond motifs is 1. The molecule has 1 aromatic carbocycles. The van der Waals surface area contributed by atoms with Crippen LogP contribution in [-0.2, 0) is 0 Å². The van der Waals surface area contributed by atoms with Crippen LogP contribution in [0.5, 0.6) is 11.5 Å². The average molecular weight is 447 g/mol. The summed E-state index contributed by atoms with van der Waals surface area (Å²) in [7, 11) is 1.37. The number of nitrogens with one attached hydrogen (secondary N) is 1. The molecular formula is C25H26N4O4. The summed E-state index contributed by atoms with van der Waals surface area (Å²) in [5.41, 5.74) is 1.59. The Balaban J connectivity index is 0.00000187. The molecule has 3 aromatic rings. The Morgan fingerprint density at radius 1 is 1.30 bits per heavy atom. The number of anilines is 2. The van der Waals surface area contributed by atoms with Crippen LogP contribution in [0.3, 0.4) is 0 Å². The number of hydrogen-bond donors (Lipinski definition) is 2. The second kappa shape index (κ2) is 11.8. The minimum atomic E-state index is -1.15. The highest BCUT2D eigenvalue weighted by molar-refractivity contribution is 5.98. The molecule has 0 amide bonds. The lowest BCUT2D eigenvalue weighted by Gasteiger charge is -2.12. The van der Waals surface area contributed by atoms with E-state index in [1.807, 2.05) is 32.9 Å². The molecule has 8 heteroatoms. The van der Waals surface area contributed by atoms with E-state index in [1.165, 1.54) is 24.0 Å². The van der Waals surface area contributed by atoms with E-state index in [0.29, 0.717) is 28.4 Å². The largest absolute Gasteiger partial charge is 0.493 e. The zero-order chi connectivity index (χ0) is 24.4. The maximum absolute atomic E-state index is 11.6. The Labute approximate surface area is 192 Å². The molecule has 170 valence electrons. The Kier molecular flexibility index (Phi) is 8.83.